The average molecular weight is 239 g/mol. The van der Waals surface area contributed by atoms with Gasteiger partial charge in [-0.15, -0.1) is 10.2 Å². The van der Waals surface area contributed by atoms with Gasteiger partial charge in [0.1, 0.15) is 0 Å². The Labute approximate surface area is 102 Å². The molecule has 6 nitrogen and oxygen atoms in total. The second-order valence-corrected chi connectivity index (χ2v) is 4.54. The quantitative estimate of drug-likeness (QED) is 0.762. The van der Waals surface area contributed by atoms with Crippen molar-refractivity contribution in [3.8, 4) is 0 Å². The summed E-state index contributed by atoms with van der Waals surface area (Å²) >= 11 is 0. The lowest BCUT2D eigenvalue weighted by Crippen LogP contribution is -2.45. The number of hydrogen-bond donors (Lipinski definition) is 1. The van der Waals surface area contributed by atoms with E-state index >= 15 is 0 Å². The number of hydrogen-bond acceptors (Lipinski definition) is 6. The lowest BCUT2D eigenvalue weighted by Gasteiger charge is -2.28. The minimum absolute atomic E-state index is 0.635. The third kappa shape index (κ3) is 4.07. The molecule has 0 radical (unpaired) electrons. The highest BCUT2D eigenvalue weighted by atomic mass is 16.4. The van der Waals surface area contributed by atoms with Crippen LogP contribution in [0.1, 0.15) is 11.8 Å². The van der Waals surface area contributed by atoms with Crippen LogP contribution >= 0.6 is 0 Å². The van der Waals surface area contributed by atoms with E-state index in [4.69, 9.17) is 4.42 Å². The van der Waals surface area contributed by atoms with Gasteiger partial charge in [-0.05, 0) is 7.05 Å². The molecule has 1 fully saturated rings. The molecule has 1 aliphatic rings. The maximum Gasteiger partial charge on any atom is 0.230 e. The molecule has 1 N–H and O–H groups in total. The van der Waals surface area contributed by atoms with E-state index in [1.165, 1.54) is 0 Å². The number of piperazine rings is 1. The summed E-state index contributed by atoms with van der Waals surface area (Å²) < 4.78 is 5.36. The Balaban J connectivity index is 1.68. The number of aryl methyl sites for hydroxylation is 1. The summed E-state index contributed by atoms with van der Waals surface area (Å²) in [6.45, 7) is 9.18. The predicted molar refractivity (Wildman–Crippen MR) is 64.7 cm³/mol. The van der Waals surface area contributed by atoms with E-state index < -0.39 is 0 Å². The zero-order valence-electron chi connectivity index (χ0n) is 10.6. The van der Waals surface area contributed by atoms with E-state index in [-0.39, 0.29) is 0 Å². The SMILES string of the molecule is Cc1nnc(CN(C)CCN2CCNCC2)o1. The number of aromatic nitrogens is 2. The first-order chi connectivity index (χ1) is 8.24. The van der Waals surface area contributed by atoms with Gasteiger partial charge in [0.15, 0.2) is 0 Å². The van der Waals surface area contributed by atoms with Crippen LogP contribution in [0.15, 0.2) is 4.42 Å². The highest BCUT2D eigenvalue weighted by molar-refractivity contribution is 4.78. The summed E-state index contributed by atoms with van der Waals surface area (Å²) in [6, 6.07) is 0. The third-order valence-electron chi connectivity index (χ3n) is 2.98. The van der Waals surface area contributed by atoms with Gasteiger partial charge in [-0.1, -0.05) is 0 Å². The molecule has 96 valence electrons. The van der Waals surface area contributed by atoms with Crippen LogP contribution in [0.25, 0.3) is 0 Å². The van der Waals surface area contributed by atoms with Crippen molar-refractivity contribution in [2.24, 2.45) is 0 Å². The van der Waals surface area contributed by atoms with Crippen molar-refractivity contribution < 1.29 is 4.42 Å². The highest BCUT2D eigenvalue weighted by Gasteiger charge is 2.11. The Kier molecular flexibility index (Phi) is 4.47. The van der Waals surface area contributed by atoms with Crippen LogP contribution in [0.4, 0.5) is 0 Å². The number of rotatable bonds is 5. The van der Waals surface area contributed by atoms with Crippen molar-refractivity contribution in [2.45, 2.75) is 13.5 Å². The molecule has 0 atom stereocenters. The normalized spacial score (nSPS) is 17.8. The van der Waals surface area contributed by atoms with Crippen molar-refractivity contribution >= 4 is 0 Å². The smallest absolute Gasteiger partial charge is 0.230 e. The fourth-order valence-electron chi connectivity index (χ4n) is 1.96. The van der Waals surface area contributed by atoms with E-state index in [9.17, 15) is 0 Å². The van der Waals surface area contributed by atoms with Crippen molar-refractivity contribution in [3.63, 3.8) is 0 Å². The van der Waals surface area contributed by atoms with E-state index in [0.717, 1.165) is 45.8 Å². The van der Waals surface area contributed by atoms with Crippen LogP contribution in [-0.2, 0) is 6.54 Å². The molecule has 17 heavy (non-hydrogen) atoms. The molecule has 0 bridgehead atoms. The Morgan fingerprint density at radius 3 is 2.76 bits per heavy atom. The molecule has 1 aromatic heterocycles. The highest BCUT2D eigenvalue weighted by Crippen LogP contribution is 2.02. The van der Waals surface area contributed by atoms with Gasteiger partial charge >= 0.3 is 0 Å². The topological polar surface area (TPSA) is 57.4 Å². The monoisotopic (exact) mass is 239 g/mol. The summed E-state index contributed by atoms with van der Waals surface area (Å²) in [7, 11) is 2.09. The second-order valence-electron chi connectivity index (χ2n) is 4.54. The largest absolute Gasteiger partial charge is 0.424 e. The molecule has 6 heteroatoms. The number of nitrogens with zero attached hydrogens (tertiary/aromatic N) is 4. The van der Waals surface area contributed by atoms with Crippen LogP contribution in [0.2, 0.25) is 0 Å². The van der Waals surface area contributed by atoms with Gasteiger partial charge in [0.2, 0.25) is 11.8 Å². The van der Waals surface area contributed by atoms with Gasteiger partial charge in [0.25, 0.3) is 0 Å². The van der Waals surface area contributed by atoms with Gasteiger partial charge in [0, 0.05) is 46.2 Å². The molecule has 1 aliphatic heterocycles. The van der Waals surface area contributed by atoms with Crippen molar-refractivity contribution in [3.05, 3.63) is 11.8 Å². The van der Waals surface area contributed by atoms with E-state index in [1.54, 1.807) is 0 Å². The molecule has 2 heterocycles. The molecule has 0 aliphatic carbocycles. The van der Waals surface area contributed by atoms with Crippen molar-refractivity contribution in [1.82, 2.24) is 25.3 Å². The average Bonchev–Trinajstić information content (AvgIpc) is 2.73. The van der Waals surface area contributed by atoms with Gasteiger partial charge in [-0.2, -0.15) is 0 Å². The summed E-state index contributed by atoms with van der Waals surface area (Å²) in [5.74, 6) is 1.33. The predicted octanol–water partition coefficient (Wildman–Crippen LogP) is -0.285. The van der Waals surface area contributed by atoms with Crippen LogP contribution in [0.3, 0.4) is 0 Å². The molecule has 0 aromatic carbocycles. The van der Waals surface area contributed by atoms with Crippen molar-refractivity contribution in [2.75, 3.05) is 46.3 Å². The van der Waals surface area contributed by atoms with Crippen LogP contribution in [0.5, 0.6) is 0 Å². The maximum absolute atomic E-state index is 5.36. The van der Waals surface area contributed by atoms with Gasteiger partial charge in [0.05, 0.1) is 6.54 Å². The van der Waals surface area contributed by atoms with E-state index in [2.05, 4.69) is 32.4 Å². The summed E-state index contributed by atoms with van der Waals surface area (Å²) in [5, 5.41) is 11.2. The maximum atomic E-state index is 5.36. The molecular weight excluding hydrogens is 218 g/mol. The first-order valence-corrected chi connectivity index (χ1v) is 6.14. The molecular formula is C11H21N5O. The van der Waals surface area contributed by atoms with Gasteiger partial charge in [-0.25, -0.2) is 0 Å². The fraction of sp³-hybridized carbons (Fsp3) is 0.818. The van der Waals surface area contributed by atoms with Crippen LogP contribution < -0.4 is 5.32 Å². The number of nitrogens with one attached hydrogen (secondary N) is 1. The summed E-state index contributed by atoms with van der Waals surface area (Å²) in [6.07, 6.45) is 0. The fourth-order valence-corrected chi connectivity index (χ4v) is 1.96. The van der Waals surface area contributed by atoms with Crippen LogP contribution in [0, 0.1) is 6.92 Å². The van der Waals surface area contributed by atoms with Crippen LogP contribution in [-0.4, -0.2) is 66.3 Å². The lowest BCUT2D eigenvalue weighted by atomic mass is 10.3. The van der Waals surface area contributed by atoms with Gasteiger partial charge < -0.3 is 9.73 Å². The summed E-state index contributed by atoms with van der Waals surface area (Å²) in [4.78, 5) is 4.70. The lowest BCUT2D eigenvalue weighted by molar-refractivity contribution is 0.195. The Bertz CT molecular complexity index is 334. The molecule has 0 spiro atoms. The number of likely N-dealkylation sites (N-methyl/N-ethyl adjacent to an activating group) is 1. The van der Waals surface area contributed by atoms with Crippen molar-refractivity contribution in [1.29, 1.82) is 0 Å². The molecule has 1 saturated heterocycles. The first-order valence-electron chi connectivity index (χ1n) is 6.14. The molecule has 0 unspecified atom stereocenters. The molecule has 0 amide bonds. The van der Waals surface area contributed by atoms with E-state index in [0.29, 0.717) is 11.8 Å². The molecule has 2 rings (SSSR count). The zero-order valence-corrected chi connectivity index (χ0v) is 10.6. The van der Waals surface area contributed by atoms with Gasteiger partial charge in [-0.3, -0.25) is 9.80 Å². The Morgan fingerprint density at radius 1 is 1.35 bits per heavy atom. The Morgan fingerprint density at radius 2 is 2.12 bits per heavy atom. The zero-order chi connectivity index (χ0) is 12.1. The molecule has 1 aromatic rings. The first kappa shape index (κ1) is 12.5. The third-order valence-corrected chi connectivity index (χ3v) is 2.98. The second kappa shape index (κ2) is 6.09. The minimum atomic E-state index is 0.635. The molecule has 0 saturated carbocycles. The van der Waals surface area contributed by atoms with E-state index in [1.807, 2.05) is 6.92 Å². The Hall–Kier alpha value is -0.980. The summed E-state index contributed by atoms with van der Waals surface area (Å²) in [5.41, 5.74) is 0. The standard InChI is InChI=1S/C11H21N5O/c1-10-13-14-11(17-10)9-15(2)7-8-16-5-3-12-4-6-16/h12H,3-9H2,1-2H3. The minimum Gasteiger partial charge on any atom is -0.424 e.